The molecule has 0 aromatic heterocycles. The van der Waals surface area contributed by atoms with Crippen LogP contribution in [0.25, 0.3) is 0 Å². The highest BCUT2D eigenvalue weighted by atomic mass is 15.0. The summed E-state index contributed by atoms with van der Waals surface area (Å²) in [4.78, 5) is 5.08. The van der Waals surface area contributed by atoms with Gasteiger partial charge in [-0.3, -0.25) is 4.99 Å². The molecule has 4 rings (SSSR count). The molecule has 124 valence electrons. The molecule has 0 amide bonds. The van der Waals surface area contributed by atoms with Gasteiger partial charge in [0.1, 0.15) is 5.84 Å². The summed E-state index contributed by atoms with van der Waals surface area (Å²) < 4.78 is 0. The summed E-state index contributed by atoms with van der Waals surface area (Å²) in [7, 11) is 0. The van der Waals surface area contributed by atoms with Crippen molar-refractivity contribution in [2.24, 2.45) is 10.4 Å². The van der Waals surface area contributed by atoms with E-state index in [1.165, 1.54) is 61.2 Å². The highest BCUT2D eigenvalue weighted by molar-refractivity contribution is 6.02. The second kappa shape index (κ2) is 6.80. The molecule has 1 fully saturated rings. The molecule has 1 N–H and O–H groups in total. The lowest BCUT2D eigenvalue weighted by molar-refractivity contribution is 0.354. The van der Waals surface area contributed by atoms with Gasteiger partial charge in [0.25, 0.3) is 0 Å². The van der Waals surface area contributed by atoms with Crippen LogP contribution in [0.3, 0.4) is 0 Å². The fourth-order valence-corrected chi connectivity index (χ4v) is 4.28. The summed E-state index contributed by atoms with van der Waals surface area (Å²) >= 11 is 0. The molecule has 0 unspecified atom stereocenters. The van der Waals surface area contributed by atoms with Crippen molar-refractivity contribution in [1.29, 1.82) is 0 Å². The van der Waals surface area contributed by atoms with Crippen LogP contribution >= 0.6 is 0 Å². The van der Waals surface area contributed by atoms with Crippen LogP contribution in [0.4, 0.5) is 5.69 Å². The lowest BCUT2D eigenvalue weighted by Crippen LogP contribution is -2.42. The lowest BCUT2D eigenvalue weighted by atomic mass is 9.72. The van der Waals surface area contributed by atoms with Gasteiger partial charge in [-0.2, -0.15) is 0 Å². The Kier molecular flexibility index (Phi) is 4.38. The Morgan fingerprint density at radius 1 is 0.833 bits per heavy atom. The van der Waals surface area contributed by atoms with Gasteiger partial charge in [-0.25, -0.2) is 0 Å². The van der Waals surface area contributed by atoms with Crippen molar-refractivity contribution < 1.29 is 0 Å². The molecule has 2 aromatic carbocycles. The zero-order valence-corrected chi connectivity index (χ0v) is 14.3. The topological polar surface area (TPSA) is 24.4 Å². The third-order valence-corrected chi connectivity index (χ3v) is 5.62. The van der Waals surface area contributed by atoms with Gasteiger partial charge in [-0.15, -0.1) is 0 Å². The average molecular weight is 318 g/mol. The van der Waals surface area contributed by atoms with Gasteiger partial charge in [0, 0.05) is 11.1 Å². The lowest BCUT2D eigenvalue weighted by Gasteiger charge is -2.39. The minimum Gasteiger partial charge on any atom is -0.343 e. The van der Waals surface area contributed by atoms with E-state index in [4.69, 9.17) is 4.99 Å². The Hall–Kier alpha value is -2.09. The molecule has 2 nitrogen and oxygen atoms in total. The van der Waals surface area contributed by atoms with E-state index in [1.807, 2.05) is 0 Å². The first-order valence-electron chi connectivity index (χ1n) is 9.30. The number of nitrogens with zero attached hydrogens (tertiary/aromatic N) is 1. The number of aliphatic imine (C=N–C) groups is 1. The first-order valence-corrected chi connectivity index (χ1v) is 9.30. The van der Waals surface area contributed by atoms with E-state index in [0.29, 0.717) is 0 Å². The smallest absolute Gasteiger partial charge is 0.108 e. The number of benzene rings is 2. The number of hydrogen-bond acceptors (Lipinski definition) is 1. The van der Waals surface area contributed by atoms with E-state index < -0.39 is 0 Å². The Labute approximate surface area is 145 Å². The van der Waals surface area contributed by atoms with Crippen molar-refractivity contribution in [2.45, 2.75) is 51.5 Å². The molecule has 1 heterocycles. The fraction of sp³-hybridized carbons (Fsp3) is 0.409. The van der Waals surface area contributed by atoms with Gasteiger partial charge in [0.2, 0.25) is 0 Å². The molecule has 0 radical (unpaired) electrons. The molecule has 2 aliphatic rings. The van der Waals surface area contributed by atoms with Crippen molar-refractivity contribution in [1.82, 2.24) is 0 Å². The largest absolute Gasteiger partial charge is 0.343 e. The second-order valence-electron chi connectivity index (χ2n) is 7.30. The van der Waals surface area contributed by atoms with Crippen LogP contribution in [0, 0.1) is 5.41 Å². The van der Waals surface area contributed by atoms with E-state index in [1.54, 1.807) is 0 Å². The monoisotopic (exact) mass is 318 g/mol. The van der Waals surface area contributed by atoms with Gasteiger partial charge in [0.05, 0.1) is 6.54 Å². The summed E-state index contributed by atoms with van der Waals surface area (Å²) in [6, 6.07) is 19.4. The number of fused-ring (bicyclic) bond motifs is 1. The van der Waals surface area contributed by atoms with E-state index in [9.17, 15) is 0 Å². The molecule has 0 saturated heterocycles. The van der Waals surface area contributed by atoms with Crippen molar-refractivity contribution >= 4 is 11.5 Å². The molecular formula is C22H26N2. The number of rotatable bonds is 2. The predicted octanol–water partition coefficient (Wildman–Crippen LogP) is 5.59. The van der Waals surface area contributed by atoms with Crippen LogP contribution in [0.5, 0.6) is 0 Å². The standard InChI is InChI=1S/C22H26N2/c1-2-9-15-22(14-8-1)16-19-12-6-7-13-20(19)24-21(22)23-17-18-10-4-3-5-11-18/h3-7,10-13H,1-2,8-9,14-17H2,(H,23,24). The highest BCUT2D eigenvalue weighted by Crippen LogP contribution is 2.44. The van der Waals surface area contributed by atoms with Crippen LogP contribution in [-0.4, -0.2) is 5.84 Å². The van der Waals surface area contributed by atoms with Crippen LogP contribution in [-0.2, 0) is 13.0 Å². The minimum absolute atomic E-state index is 0.222. The first-order chi connectivity index (χ1) is 11.9. The van der Waals surface area contributed by atoms with Crippen LogP contribution in [0.15, 0.2) is 59.6 Å². The van der Waals surface area contributed by atoms with Gasteiger partial charge >= 0.3 is 0 Å². The van der Waals surface area contributed by atoms with Crippen molar-refractivity contribution in [3.05, 3.63) is 65.7 Å². The predicted molar refractivity (Wildman–Crippen MR) is 101 cm³/mol. The molecule has 1 aliphatic carbocycles. The zero-order chi connectivity index (χ0) is 16.2. The number of nitrogens with one attached hydrogen (secondary N) is 1. The maximum absolute atomic E-state index is 5.08. The molecular weight excluding hydrogens is 292 g/mol. The summed E-state index contributed by atoms with van der Waals surface area (Å²) in [6.45, 7) is 0.771. The van der Waals surface area contributed by atoms with Gasteiger partial charge in [-0.05, 0) is 36.5 Å². The third-order valence-electron chi connectivity index (χ3n) is 5.62. The fourth-order valence-electron chi connectivity index (χ4n) is 4.28. The van der Waals surface area contributed by atoms with Crippen molar-refractivity contribution in [3.63, 3.8) is 0 Å². The minimum atomic E-state index is 0.222. The Morgan fingerprint density at radius 2 is 1.54 bits per heavy atom. The maximum atomic E-state index is 5.08. The molecule has 1 spiro atoms. The zero-order valence-electron chi connectivity index (χ0n) is 14.3. The Bertz CT molecular complexity index is 710. The molecule has 2 heteroatoms. The van der Waals surface area contributed by atoms with E-state index in [-0.39, 0.29) is 5.41 Å². The highest BCUT2D eigenvalue weighted by Gasteiger charge is 2.40. The summed E-state index contributed by atoms with van der Waals surface area (Å²) in [5.74, 6) is 1.23. The maximum Gasteiger partial charge on any atom is 0.108 e. The SMILES string of the molecule is c1ccc(CN=C2Nc3ccccc3CC23CCCCCC3)cc1. The average Bonchev–Trinajstić information content (AvgIpc) is 2.87. The summed E-state index contributed by atoms with van der Waals surface area (Å²) in [6.07, 6.45) is 9.07. The second-order valence-corrected chi connectivity index (χ2v) is 7.30. The van der Waals surface area contributed by atoms with E-state index >= 15 is 0 Å². The van der Waals surface area contributed by atoms with E-state index in [0.717, 1.165) is 13.0 Å². The quantitative estimate of drug-likeness (QED) is 0.766. The van der Waals surface area contributed by atoms with Crippen molar-refractivity contribution in [2.75, 3.05) is 5.32 Å². The molecule has 0 bridgehead atoms. The molecule has 0 atom stereocenters. The number of anilines is 1. The van der Waals surface area contributed by atoms with Crippen LogP contribution < -0.4 is 5.32 Å². The number of para-hydroxylation sites is 1. The molecule has 2 aromatic rings. The molecule has 24 heavy (non-hydrogen) atoms. The Morgan fingerprint density at radius 3 is 2.33 bits per heavy atom. The van der Waals surface area contributed by atoms with E-state index in [2.05, 4.69) is 59.9 Å². The summed E-state index contributed by atoms with van der Waals surface area (Å²) in [5.41, 5.74) is 4.21. The normalized spacial score (nSPS) is 21.1. The Balaban J connectivity index is 1.68. The first kappa shape index (κ1) is 15.4. The molecule has 1 saturated carbocycles. The molecule has 1 aliphatic heterocycles. The number of amidine groups is 1. The van der Waals surface area contributed by atoms with Crippen molar-refractivity contribution in [3.8, 4) is 0 Å². The number of hydrogen-bond donors (Lipinski definition) is 1. The van der Waals surface area contributed by atoms with Gasteiger partial charge < -0.3 is 5.32 Å². The van der Waals surface area contributed by atoms with Gasteiger partial charge in [0.15, 0.2) is 0 Å². The summed E-state index contributed by atoms with van der Waals surface area (Å²) in [5, 5.41) is 3.71. The van der Waals surface area contributed by atoms with Crippen LogP contribution in [0.1, 0.15) is 49.7 Å². The third kappa shape index (κ3) is 3.10. The van der Waals surface area contributed by atoms with Gasteiger partial charge in [-0.1, -0.05) is 74.2 Å². The van der Waals surface area contributed by atoms with Crippen LogP contribution in [0.2, 0.25) is 0 Å².